The molecule has 0 saturated heterocycles. The van der Waals surface area contributed by atoms with E-state index in [-0.39, 0.29) is 0 Å². The number of imidazole rings is 1. The Balaban J connectivity index is 1.82. The van der Waals surface area contributed by atoms with Crippen molar-refractivity contribution in [3.63, 3.8) is 0 Å². The summed E-state index contributed by atoms with van der Waals surface area (Å²) < 4.78 is 2.20. The maximum Gasteiger partial charge on any atom is 0.108 e. The van der Waals surface area contributed by atoms with E-state index in [4.69, 9.17) is 0 Å². The van der Waals surface area contributed by atoms with Crippen molar-refractivity contribution in [1.82, 2.24) is 14.5 Å². The quantitative estimate of drug-likeness (QED) is 0.412. The van der Waals surface area contributed by atoms with Crippen LogP contribution in [0, 0.1) is 0 Å². The highest BCUT2D eigenvalue weighted by atomic mass is 15.1. The number of hydrogen-bond acceptors (Lipinski definition) is 2. The molecule has 130 valence electrons. The summed E-state index contributed by atoms with van der Waals surface area (Å²) in [6.07, 6.45) is 4.76. The van der Waals surface area contributed by atoms with E-state index in [1.807, 2.05) is 18.6 Å². The lowest BCUT2D eigenvalue weighted by atomic mass is 10.0. The molecule has 0 amide bonds. The topological polar surface area (TPSA) is 30.7 Å². The number of hydrogen-bond donors (Lipinski definition) is 0. The van der Waals surface area contributed by atoms with Gasteiger partial charge in [0.05, 0.1) is 22.9 Å². The van der Waals surface area contributed by atoms with Gasteiger partial charge in [0.1, 0.15) is 11.8 Å². The van der Waals surface area contributed by atoms with Crippen molar-refractivity contribution in [1.29, 1.82) is 0 Å². The van der Waals surface area contributed by atoms with Gasteiger partial charge >= 0.3 is 0 Å². The van der Waals surface area contributed by atoms with Crippen LogP contribution >= 0.6 is 0 Å². The highest BCUT2D eigenvalue weighted by Gasteiger charge is 2.12. The molecule has 0 aliphatic carbocycles. The zero-order valence-corrected chi connectivity index (χ0v) is 15.1. The Morgan fingerprint density at radius 3 is 2.44 bits per heavy atom. The van der Waals surface area contributed by atoms with E-state index in [1.54, 1.807) is 0 Å². The standard InChI is InChI=1S/C24H19N3/c1-2-17-8-6-7-11-23(17)27-16-26-22-15-25-21-13-12-19(14-20(21)24(22)27)18-9-4-3-5-10-18/h3-16H,2H2,1H3. The zero-order valence-electron chi connectivity index (χ0n) is 15.1. The van der Waals surface area contributed by atoms with Crippen LogP contribution in [0.2, 0.25) is 0 Å². The van der Waals surface area contributed by atoms with Gasteiger partial charge in [-0.15, -0.1) is 0 Å². The smallest absolute Gasteiger partial charge is 0.108 e. The van der Waals surface area contributed by atoms with Gasteiger partial charge in [-0.05, 0) is 41.3 Å². The first-order valence-corrected chi connectivity index (χ1v) is 9.24. The third kappa shape index (κ3) is 2.59. The second kappa shape index (κ2) is 6.36. The molecule has 0 saturated carbocycles. The third-order valence-corrected chi connectivity index (χ3v) is 5.11. The van der Waals surface area contributed by atoms with Crippen molar-refractivity contribution in [3.8, 4) is 16.8 Å². The number of fused-ring (bicyclic) bond motifs is 3. The van der Waals surface area contributed by atoms with E-state index >= 15 is 0 Å². The number of para-hydroxylation sites is 1. The Kier molecular flexibility index (Phi) is 3.72. The normalized spacial score (nSPS) is 11.3. The minimum Gasteiger partial charge on any atom is -0.298 e. The van der Waals surface area contributed by atoms with Gasteiger partial charge in [0, 0.05) is 5.39 Å². The van der Waals surface area contributed by atoms with Crippen molar-refractivity contribution in [2.24, 2.45) is 0 Å². The van der Waals surface area contributed by atoms with Crippen LogP contribution in [0.3, 0.4) is 0 Å². The lowest BCUT2D eigenvalue weighted by molar-refractivity contribution is 1.03. The summed E-state index contributed by atoms with van der Waals surface area (Å²) in [5.41, 5.74) is 7.89. The molecule has 3 heteroatoms. The first-order chi connectivity index (χ1) is 13.3. The molecule has 0 aliphatic heterocycles. The van der Waals surface area contributed by atoms with Crippen molar-refractivity contribution < 1.29 is 0 Å². The Morgan fingerprint density at radius 2 is 1.59 bits per heavy atom. The van der Waals surface area contributed by atoms with E-state index in [2.05, 4.69) is 88.2 Å². The van der Waals surface area contributed by atoms with Crippen molar-refractivity contribution >= 4 is 21.9 Å². The van der Waals surface area contributed by atoms with Crippen molar-refractivity contribution in [3.05, 3.63) is 90.9 Å². The van der Waals surface area contributed by atoms with E-state index in [0.29, 0.717) is 0 Å². The number of pyridine rings is 1. The lowest BCUT2D eigenvalue weighted by Crippen LogP contribution is -1.98. The molecule has 0 fully saturated rings. The second-order valence-electron chi connectivity index (χ2n) is 6.69. The van der Waals surface area contributed by atoms with Gasteiger partial charge in [-0.2, -0.15) is 0 Å². The van der Waals surface area contributed by atoms with Crippen LogP contribution in [-0.4, -0.2) is 14.5 Å². The largest absolute Gasteiger partial charge is 0.298 e. The summed E-state index contributed by atoms with van der Waals surface area (Å²) in [5, 5.41) is 1.12. The molecule has 5 aromatic rings. The minimum atomic E-state index is 0.915. The summed E-state index contributed by atoms with van der Waals surface area (Å²) in [7, 11) is 0. The molecule has 0 radical (unpaired) electrons. The number of aromatic nitrogens is 3. The van der Waals surface area contributed by atoms with Gasteiger partial charge in [-0.1, -0.05) is 61.5 Å². The van der Waals surface area contributed by atoms with Gasteiger partial charge < -0.3 is 0 Å². The minimum absolute atomic E-state index is 0.915. The molecule has 3 aromatic carbocycles. The fraction of sp³-hybridized carbons (Fsp3) is 0.0833. The van der Waals surface area contributed by atoms with Crippen LogP contribution in [0.15, 0.2) is 85.3 Å². The predicted molar refractivity (Wildman–Crippen MR) is 111 cm³/mol. The first kappa shape index (κ1) is 15.8. The second-order valence-corrected chi connectivity index (χ2v) is 6.69. The molecular formula is C24H19N3. The fourth-order valence-electron chi connectivity index (χ4n) is 3.73. The number of benzene rings is 3. The Morgan fingerprint density at radius 1 is 0.778 bits per heavy atom. The van der Waals surface area contributed by atoms with Crippen LogP contribution < -0.4 is 0 Å². The summed E-state index contributed by atoms with van der Waals surface area (Å²) in [4.78, 5) is 9.24. The summed E-state index contributed by atoms with van der Waals surface area (Å²) in [6.45, 7) is 2.19. The summed E-state index contributed by atoms with van der Waals surface area (Å²) in [6, 6.07) is 25.4. The fourth-order valence-corrected chi connectivity index (χ4v) is 3.73. The monoisotopic (exact) mass is 349 g/mol. The predicted octanol–water partition coefficient (Wildman–Crippen LogP) is 5.80. The molecule has 0 unspecified atom stereocenters. The Hall–Kier alpha value is -3.46. The zero-order chi connectivity index (χ0) is 18.2. The van der Waals surface area contributed by atoms with Crippen LogP contribution in [-0.2, 0) is 6.42 Å². The molecule has 2 heterocycles. The molecule has 0 bridgehead atoms. The van der Waals surface area contributed by atoms with Crippen molar-refractivity contribution in [2.45, 2.75) is 13.3 Å². The Labute approximate surface area is 157 Å². The maximum absolute atomic E-state index is 4.62. The van der Waals surface area contributed by atoms with Crippen LogP contribution in [0.25, 0.3) is 38.8 Å². The average Bonchev–Trinajstić information content (AvgIpc) is 3.18. The highest BCUT2D eigenvalue weighted by molar-refractivity contribution is 6.04. The van der Waals surface area contributed by atoms with Gasteiger partial charge in [-0.3, -0.25) is 9.55 Å². The van der Waals surface area contributed by atoms with Gasteiger partial charge in [-0.25, -0.2) is 4.98 Å². The van der Waals surface area contributed by atoms with Gasteiger partial charge in [0.15, 0.2) is 0 Å². The number of aryl methyl sites for hydroxylation is 1. The van der Waals surface area contributed by atoms with Gasteiger partial charge in [0.2, 0.25) is 0 Å². The lowest BCUT2D eigenvalue weighted by Gasteiger charge is -2.11. The number of rotatable bonds is 3. The molecule has 5 rings (SSSR count). The van der Waals surface area contributed by atoms with E-state index in [0.717, 1.165) is 28.4 Å². The van der Waals surface area contributed by atoms with E-state index in [1.165, 1.54) is 22.4 Å². The summed E-state index contributed by atoms with van der Waals surface area (Å²) in [5.74, 6) is 0. The van der Waals surface area contributed by atoms with Crippen molar-refractivity contribution in [2.75, 3.05) is 0 Å². The Bertz CT molecular complexity index is 1250. The van der Waals surface area contributed by atoms with E-state index in [9.17, 15) is 0 Å². The third-order valence-electron chi connectivity index (χ3n) is 5.11. The van der Waals surface area contributed by atoms with Crippen LogP contribution in [0.5, 0.6) is 0 Å². The average molecular weight is 349 g/mol. The molecule has 2 aromatic heterocycles. The van der Waals surface area contributed by atoms with Gasteiger partial charge in [0.25, 0.3) is 0 Å². The van der Waals surface area contributed by atoms with Crippen LogP contribution in [0.1, 0.15) is 12.5 Å². The molecule has 3 nitrogen and oxygen atoms in total. The van der Waals surface area contributed by atoms with Crippen LogP contribution in [0.4, 0.5) is 0 Å². The molecule has 0 spiro atoms. The molecule has 0 N–H and O–H groups in total. The summed E-state index contributed by atoms with van der Waals surface area (Å²) >= 11 is 0. The molecule has 0 atom stereocenters. The maximum atomic E-state index is 4.62. The molecular weight excluding hydrogens is 330 g/mol. The SMILES string of the molecule is CCc1ccccc1-n1cnc2cnc3ccc(-c4ccccc4)cc3c21. The molecule has 0 aliphatic rings. The van der Waals surface area contributed by atoms with E-state index < -0.39 is 0 Å². The highest BCUT2D eigenvalue weighted by Crippen LogP contribution is 2.30. The number of nitrogens with zero attached hydrogens (tertiary/aromatic N) is 3. The first-order valence-electron chi connectivity index (χ1n) is 9.24. The molecule has 27 heavy (non-hydrogen) atoms.